The van der Waals surface area contributed by atoms with Crippen molar-refractivity contribution in [1.82, 2.24) is 0 Å². The highest BCUT2D eigenvalue weighted by molar-refractivity contribution is 5.78. The summed E-state index contributed by atoms with van der Waals surface area (Å²) in [5.74, 6) is -2.30. The Kier molecular flexibility index (Phi) is 14.3. The number of esters is 1. The molecule has 1 atom stereocenters. The zero-order chi connectivity index (χ0) is 19.8. The Hall–Kier alpha value is -1.14. The minimum absolute atomic E-state index is 0.0978. The number of rotatable bonds is 17. The third-order valence-electron chi connectivity index (χ3n) is 5.13. The van der Waals surface area contributed by atoms with Crippen molar-refractivity contribution < 1.29 is 29.6 Å². The molecular weight excluding hydrogens is 336 g/mol. The number of carbonyl (C=O) groups is 2. The maximum atomic E-state index is 11.9. The monoisotopic (exact) mass is 374 g/mol. The zero-order valence-electron chi connectivity index (χ0n) is 16.5. The molecule has 0 saturated heterocycles. The summed E-state index contributed by atoms with van der Waals surface area (Å²) < 4.78 is 5.12. The molecule has 154 valence electrons. The van der Waals surface area contributed by atoms with Crippen LogP contribution in [0, 0.1) is 11.3 Å². The van der Waals surface area contributed by atoms with E-state index in [0.29, 0.717) is 12.8 Å². The maximum Gasteiger partial charge on any atom is 0.307 e. The van der Waals surface area contributed by atoms with Gasteiger partial charge in [-0.3, -0.25) is 9.59 Å². The number of carboxylic acid groups (broad SMARTS) is 1. The number of unbranched alkanes of at least 4 members (excludes halogenated alkanes) is 7. The average Bonchev–Trinajstić information content (AvgIpc) is 2.64. The first-order valence-electron chi connectivity index (χ1n) is 10.0. The minimum atomic E-state index is -0.976. The summed E-state index contributed by atoms with van der Waals surface area (Å²) in [6.45, 7) is 3.32. The molecule has 0 spiro atoms. The van der Waals surface area contributed by atoms with Crippen LogP contribution in [0.3, 0.4) is 0 Å². The fourth-order valence-corrected chi connectivity index (χ4v) is 2.80. The molecule has 6 nitrogen and oxygen atoms in total. The topological polar surface area (TPSA) is 104 Å². The lowest BCUT2D eigenvalue weighted by molar-refractivity contribution is -0.155. The van der Waals surface area contributed by atoms with E-state index in [0.717, 1.165) is 19.3 Å². The molecule has 0 aliphatic carbocycles. The van der Waals surface area contributed by atoms with Gasteiger partial charge in [-0.25, -0.2) is 0 Å². The number of hydrogen-bond acceptors (Lipinski definition) is 5. The molecule has 0 radical (unpaired) electrons. The minimum Gasteiger partial charge on any atom is -0.481 e. The Morgan fingerprint density at radius 3 is 1.92 bits per heavy atom. The van der Waals surface area contributed by atoms with Gasteiger partial charge in [0.25, 0.3) is 0 Å². The van der Waals surface area contributed by atoms with Crippen molar-refractivity contribution in [3.05, 3.63) is 0 Å². The van der Waals surface area contributed by atoms with Crippen LogP contribution in [0.15, 0.2) is 0 Å². The molecule has 0 aromatic heterocycles. The highest BCUT2D eigenvalue weighted by atomic mass is 16.5. The molecule has 0 bridgehead atoms. The molecule has 6 heteroatoms. The molecule has 0 heterocycles. The molecule has 0 fully saturated rings. The quantitative estimate of drug-likeness (QED) is 0.266. The summed E-state index contributed by atoms with van der Waals surface area (Å²) in [5.41, 5.74) is -0.855. The third-order valence-corrected chi connectivity index (χ3v) is 5.13. The van der Waals surface area contributed by atoms with Gasteiger partial charge in [-0.15, -0.1) is 0 Å². The first-order valence-corrected chi connectivity index (χ1v) is 10.0. The van der Waals surface area contributed by atoms with E-state index in [4.69, 9.17) is 4.74 Å². The Bertz CT molecular complexity index is 370. The van der Waals surface area contributed by atoms with E-state index >= 15 is 0 Å². The van der Waals surface area contributed by atoms with Crippen molar-refractivity contribution in [2.75, 3.05) is 19.8 Å². The summed E-state index contributed by atoms with van der Waals surface area (Å²) in [6.07, 6.45) is 9.84. The van der Waals surface area contributed by atoms with Gasteiger partial charge in [0.05, 0.1) is 31.0 Å². The van der Waals surface area contributed by atoms with Crippen molar-refractivity contribution in [2.24, 2.45) is 11.3 Å². The fraction of sp³-hybridized carbons (Fsp3) is 0.900. The Balaban J connectivity index is 4.11. The maximum absolute atomic E-state index is 11.9. The van der Waals surface area contributed by atoms with Gasteiger partial charge in [0.1, 0.15) is 6.61 Å². The van der Waals surface area contributed by atoms with Gasteiger partial charge in [-0.1, -0.05) is 65.2 Å². The predicted octanol–water partition coefficient (Wildman–Crippen LogP) is 3.53. The second-order valence-corrected chi connectivity index (χ2v) is 7.33. The molecule has 0 amide bonds. The number of hydrogen-bond donors (Lipinski definition) is 3. The molecule has 0 saturated carbocycles. The normalized spacial score (nSPS) is 12.8. The van der Waals surface area contributed by atoms with Crippen LogP contribution in [0.25, 0.3) is 0 Å². The molecule has 0 aromatic rings. The molecule has 0 rings (SSSR count). The van der Waals surface area contributed by atoms with E-state index < -0.39 is 23.3 Å². The van der Waals surface area contributed by atoms with Gasteiger partial charge >= 0.3 is 11.9 Å². The molecule has 0 aromatic carbocycles. The van der Waals surface area contributed by atoms with Crippen LogP contribution < -0.4 is 0 Å². The largest absolute Gasteiger partial charge is 0.481 e. The van der Waals surface area contributed by atoms with E-state index in [-0.39, 0.29) is 26.2 Å². The van der Waals surface area contributed by atoms with E-state index in [2.05, 4.69) is 6.92 Å². The predicted molar refractivity (Wildman–Crippen MR) is 101 cm³/mol. The number of aliphatic carboxylic acids is 1. The smallest absolute Gasteiger partial charge is 0.307 e. The van der Waals surface area contributed by atoms with Gasteiger partial charge < -0.3 is 20.1 Å². The van der Waals surface area contributed by atoms with Crippen LogP contribution in [-0.2, 0) is 14.3 Å². The third kappa shape index (κ3) is 10.8. The van der Waals surface area contributed by atoms with Crippen LogP contribution in [0.2, 0.25) is 0 Å². The molecular formula is C20H38O6. The Morgan fingerprint density at radius 1 is 0.923 bits per heavy atom. The van der Waals surface area contributed by atoms with Gasteiger partial charge in [0, 0.05) is 0 Å². The lowest BCUT2D eigenvalue weighted by Crippen LogP contribution is -2.35. The first-order chi connectivity index (χ1) is 12.4. The van der Waals surface area contributed by atoms with Crippen molar-refractivity contribution in [3.8, 4) is 0 Å². The summed E-state index contributed by atoms with van der Waals surface area (Å²) in [5, 5.41) is 28.0. The van der Waals surface area contributed by atoms with Crippen LogP contribution in [0.4, 0.5) is 0 Å². The van der Waals surface area contributed by atoms with Gasteiger partial charge in [-0.05, 0) is 12.8 Å². The number of ether oxygens (including phenoxy) is 1. The molecule has 26 heavy (non-hydrogen) atoms. The Morgan fingerprint density at radius 2 is 1.46 bits per heavy atom. The lowest BCUT2D eigenvalue weighted by atomic mass is 9.88. The molecule has 3 N–H and O–H groups in total. The fourth-order valence-electron chi connectivity index (χ4n) is 2.80. The zero-order valence-corrected chi connectivity index (χ0v) is 16.5. The van der Waals surface area contributed by atoms with Crippen LogP contribution in [0.1, 0.15) is 84.5 Å². The summed E-state index contributed by atoms with van der Waals surface area (Å²) in [6, 6.07) is 0. The van der Waals surface area contributed by atoms with Crippen molar-refractivity contribution in [3.63, 3.8) is 0 Å². The Labute approximate surface area is 157 Å². The second-order valence-electron chi connectivity index (χ2n) is 7.33. The van der Waals surface area contributed by atoms with E-state index in [1.165, 1.54) is 32.1 Å². The second kappa shape index (κ2) is 15.0. The van der Waals surface area contributed by atoms with Crippen LogP contribution >= 0.6 is 0 Å². The van der Waals surface area contributed by atoms with Crippen molar-refractivity contribution in [2.45, 2.75) is 84.5 Å². The average molecular weight is 375 g/mol. The lowest BCUT2D eigenvalue weighted by Gasteiger charge is -2.27. The summed E-state index contributed by atoms with van der Waals surface area (Å²) >= 11 is 0. The van der Waals surface area contributed by atoms with Crippen molar-refractivity contribution in [1.29, 1.82) is 0 Å². The molecule has 0 aliphatic heterocycles. The SMILES string of the molecule is CCCCCCCCCCC(CC(=O)OCC(CC)(CO)CO)C(=O)O. The number of aliphatic hydroxyl groups excluding tert-OH is 2. The van der Waals surface area contributed by atoms with E-state index in [9.17, 15) is 24.9 Å². The molecule has 1 unspecified atom stereocenters. The van der Waals surface area contributed by atoms with Crippen LogP contribution in [0.5, 0.6) is 0 Å². The number of carbonyl (C=O) groups excluding carboxylic acids is 1. The number of aliphatic hydroxyl groups is 2. The number of carboxylic acids is 1. The van der Waals surface area contributed by atoms with Gasteiger partial charge in [0.15, 0.2) is 0 Å². The standard InChI is InChI=1S/C20H38O6/c1-3-5-6-7-8-9-10-11-12-17(19(24)25)13-18(23)26-16-20(4-2,14-21)15-22/h17,21-22H,3-16H2,1-2H3,(H,24,25). The van der Waals surface area contributed by atoms with Gasteiger partial charge in [0.2, 0.25) is 0 Å². The van der Waals surface area contributed by atoms with E-state index in [1.807, 2.05) is 0 Å². The first kappa shape index (κ1) is 24.9. The van der Waals surface area contributed by atoms with Crippen molar-refractivity contribution >= 4 is 11.9 Å². The summed E-state index contributed by atoms with van der Waals surface area (Å²) in [7, 11) is 0. The van der Waals surface area contributed by atoms with Gasteiger partial charge in [-0.2, -0.15) is 0 Å². The molecule has 0 aliphatic rings. The van der Waals surface area contributed by atoms with E-state index in [1.54, 1.807) is 6.92 Å². The van der Waals surface area contributed by atoms with Crippen LogP contribution in [-0.4, -0.2) is 47.1 Å². The summed E-state index contributed by atoms with van der Waals surface area (Å²) in [4.78, 5) is 23.3. The highest BCUT2D eigenvalue weighted by Gasteiger charge is 2.29. The highest BCUT2D eigenvalue weighted by Crippen LogP contribution is 2.22.